The number of ether oxygens (including phenoxy) is 2. The van der Waals surface area contributed by atoms with E-state index in [1.165, 1.54) is 12.1 Å². The molecule has 0 aliphatic carbocycles. The highest BCUT2D eigenvalue weighted by atomic mass is 19.1. The van der Waals surface area contributed by atoms with E-state index in [4.69, 9.17) is 9.47 Å². The van der Waals surface area contributed by atoms with E-state index in [0.29, 0.717) is 24.6 Å². The third kappa shape index (κ3) is 5.12. The van der Waals surface area contributed by atoms with E-state index in [1.54, 1.807) is 32.4 Å². The Labute approximate surface area is 153 Å². The van der Waals surface area contributed by atoms with Gasteiger partial charge in [-0.25, -0.2) is 9.18 Å². The number of nitrogens with one attached hydrogen (secondary N) is 2. The van der Waals surface area contributed by atoms with Gasteiger partial charge in [-0.2, -0.15) is 0 Å². The van der Waals surface area contributed by atoms with Crippen LogP contribution in [-0.2, 0) is 12.0 Å². The molecule has 2 aromatic carbocycles. The lowest BCUT2D eigenvalue weighted by Gasteiger charge is -2.25. The summed E-state index contributed by atoms with van der Waals surface area (Å²) >= 11 is 0. The normalized spacial score (nSPS) is 11.0. The molecular weight excluding hydrogens is 335 g/mol. The van der Waals surface area contributed by atoms with Crippen molar-refractivity contribution in [2.24, 2.45) is 0 Å². The summed E-state index contributed by atoms with van der Waals surface area (Å²) in [7, 11) is 3.14. The van der Waals surface area contributed by atoms with E-state index >= 15 is 0 Å². The monoisotopic (exact) mass is 360 g/mol. The van der Waals surface area contributed by atoms with Gasteiger partial charge in [-0.1, -0.05) is 32.0 Å². The highest BCUT2D eigenvalue weighted by Gasteiger charge is 2.21. The zero-order chi connectivity index (χ0) is 19.2. The maximum absolute atomic E-state index is 13.1. The summed E-state index contributed by atoms with van der Waals surface area (Å²) in [4.78, 5) is 12.1. The van der Waals surface area contributed by atoms with Gasteiger partial charge < -0.3 is 20.1 Å². The van der Waals surface area contributed by atoms with E-state index in [2.05, 4.69) is 10.6 Å². The topological polar surface area (TPSA) is 59.6 Å². The second-order valence-electron chi connectivity index (χ2n) is 6.62. The standard InChI is InChI=1S/C20H25FN2O3/c1-20(2,15-6-8-16(21)9-7-15)13-23-19(24)22-12-14-5-10-17(25-3)18(11-14)26-4/h5-11H,12-13H2,1-4H3,(H2,22,23,24). The maximum atomic E-state index is 13.1. The summed E-state index contributed by atoms with van der Waals surface area (Å²) < 4.78 is 23.5. The Bertz CT molecular complexity index is 745. The van der Waals surface area contributed by atoms with Gasteiger partial charge in [0, 0.05) is 18.5 Å². The van der Waals surface area contributed by atoms with Gasteiger partial charge in [0.05, 0.1) is 14.2 Å². The van der Waals surface area contributed by atoms with Crippen LogP contribution in [0.15, 0.2) is 42.5 Å². The largest absolute Gasteiger partial charge is 0.493 e. The zero-order valence-corrected chi connectivity index (χ0v) is 15.6. The molecule has 2 amide bonds. The first-order valence-electron chi connectivity index (χ1n) is 8.34. The number of urea groups is 1. The molecule has 0 fully saturated rings. The zero-order valence-electron chi connectivity index (χ0n) is 15.6. The SMILES string of the molecule is COc1ccc(CNC(=O)NCC(C)(C)c2ccc(F)cc2)cc1OC. The number of carbonyl (C=O) groups excluding carboxylic acids is 1. The van der Waals surface area contributed by atoms with Crippen LogP contribution in [-0.4, -0.2) is 26.8 Å². The molecule has 0 unspecified atom stereocenters. The molecule has 0 aliphatic rings. The molecule has 2 aromatic rings. The summed E-state index contributed by atoms with van der Waals surface area (Å²) in [6, 6.07) is 11.5. The van der Waals surface area contributed by atoms with Crippen LogP contribution in [0.5, 0.6) is 11.5 Å². The van der Waals surface area contributed by atoms with Gasteiger partial charge in [-0.3, -0.25) is 0 Å². The number of halogens is 1. The van der Waals surface area contributed by atoms with Crippen LogP contribution in [0.4, 0.5) is 9.18 Å². The summed E-state index contributed by atoms with van der Waals surface area (Å²) in [6.45, 7) is 4.78. The molecule has 0 aromatic heterocycles. The quantitative estimate of drug-likeness (QED) is 0.793. The first-order valence-corrected chi connectivity index (χ1v) is 8.34. The molecule has 0 saturated heterocycles. The van der Waals surface area contributed by atoms with Gasteiger partial charge in [0.1, 0.15) is 5.82 Å². The number of amides is 2. The molecule has 6 heteroatoms. The Morgan fingerprint density at radius 1 is 1.00 bits per heavy atom. The highest BCUT2D eigenvalue weighted by molar-refractivity contribution is 5.74. The van der Waals surface area contributed by atoms with Crippen molar-refractivity contribution in [2.45, 2.75) is 25.8 Å². The Morgan fingerprint density at radius 2 is 1.65 bits per heavy atom. The third-order valence-corrected chi connectivity index (χ3v) is 4.22. The molecule has 26 heavy (non-hydrogen) atoms. The first-order chi connectivity index (χ1) is 12.4. The van der Waals surface area contributed by atoms with Crippen LogP contribution in [0, 0.1) is 5.82 Å². The van der Waals surface area contributed by atoms with E-state index in [1.807, 2.05) is 26.0 Å². The lowest BCUT2D eigenvalue weighted by atomic mass is 9.84. The number of rotatable bonds is 7. The Balaban J connectivity index is 1.88. The van der Waals surface area contributed by atoms with Gasteiger partial charge in [0.2, 0.25) is 0 Å². The molecule has 0 heterocycles. The molecule has 0 bridgehead atoms. The summed E-state index contributed by atoms with van der Waals surface area (Å²) in [5.41, 5.74) is 1.55. The predicted octanol–water partition coefficient (Wildman–Crippen LogP) is 3.62. The summed E-state index contributed by atoms with van der Waals surface area (Å²) in [5.74, 6) is 0.983. The van der Waals surface area contributed by atoms with Gasteiger partial charge >= 0.3 is 6.03 Å². The van der Waals surface area contributed by atoms with Crippen molar-refractivity contribution in [3.05, 3.63) is 59.4 Å². The minimum absolute atomic E-state index is 0.269. The molecule has 2 rings (SSSR count). The summed E-state index contributed by atoms with van der Waals surface area (Å²) in [6.07, 6.45) is 0. The maximum Gasteiger partial charge on any atom is 0.315 e. The molecule has 0 aliphatic heterocycles. The lowest BCUT2D eigenvalue weighted by Crippen LogP contribution is -2.42. The number of benzene rings is 2. The number of hydrogen-bond donors (Lipinski definition) is 2. The Morgan fingerprint density at radius 3 is 2.27 bits per heavy atom. The van der Waals surface area contributed by atoms with E-state index in [9.17, 15) is 9.18 Å². The average molecular weight is 360 g/mol. The van der Waals surface area contributed by atoms with Crippen LogP contribution in [0.1, 0.15) is 25.0 Å². The van der Waals surface area contributed by atoms with Crippen LogP contribution in [0.2, 0.25) is 0 Å². The molecule has 5 nitrogen and oxygen atoms in total. The number of methoxy groups -OCH3 is 2. The van der Waals surface area contributed by atoms with E-state index in [0.717, 1.165) is 11.1 Å². The Kier molecular flexibility index (Phi) is 6.44. The number of carbonyl (C=O) groups is 1. The fraction of sp³-hybridized carbons (Fsp3) is 0.350. The van der Waals surface area contributed by atoms with Crippen molar-refractivity contribution in [1.29, 1.82) is 0 Å². The van der Waals surface area contributed by atoms with Crippen molar-refractivity contribution < 1.29 is 18.7 Å². The van der Waals surface area contributed by atoms with Crippen molar-refractivity contribution >= 4 is 6.03 Å². The third-order valence-electron chi connectivity index (χ3n) is 4.22. The Hall–Kier alpha value is -2.76. The van der Waals surface area contributed by atoms with Gasteiger partial charge in [-0.15, -0.1) is 0 Å². The summed E-state index contributed by atoms with van der Waals surface area (Å²) in [5, 5.41) is 5.67. The second kappa shape index (κ2) is 8.56. The van der Waals surface area contributed by atoms with Gasteiger partial charge in [0.15, 0.2) is 11.5 Å². The van der Waals surface area contributed by atoms with Crippen LogP contribution < -0.4 is 20.1 Å². The smallest absolute Gasteiger partial charge is 0.315 e. The average Bonchev–Trinajstić information content (AvgIpc) is 2.64. The van der Waals surface area contributed by atoms with E-state index < -0.39 is 0 Å². The van der Waals surface area contributed by atoms with Crippen molar-refractivity contribution in [3.63, 3.8) is 0 Å². The first kappa shape index (κ1) is 19.6. The van der Waals surface area contributed by atoms with Crippen molar-refractivity contribution in [1.82, 2.24) is 10.6 Å². The van der Waals surface area contributed by atoms with Crippen molar-refractivity contribution in [3.8, 4) is 11.5 Å². The van der Waals surface area contributed by atoms with Crippen LogP contribution in [0.3, 0.4) is 0 Å². The van der Waals surface area contributed by atoms with E-state index in [-0.39, 0.29) is 17.3 Å². The van der Waals surface area contributed by atoms with Gasteiger partial charge in [0.25, 0.3) is 0 Å². The molecule has 0 atom stereocenters. The molecule has 2 N–H and O–H groups in total. The van der Waals surface area contributed by atoms with Crippen LogP contribution in [0.25, 0.3) is 0 Å². The van der Waals surface area contributed by atoms with Crippen LogP contribution >= 0.6 is 0 Å². The minimum Gasteiger partial charge on any atom is -0.493 e. The molecule has 140 valence electrons. The lowest BCUT2D eigenvalue weighted by molar-refractivity contribution is 0.238. The highest BCUT2D eigenvalue weighted by Crippen LogP contribution is 2.27. The molecule has 0 radical (unpaired) electrons. The fourth-order valence-electron chi connectivity index (χ4n) is 2.54. The second-order valence-corrected chi connectivity index (χ2v) is 6.62. The molecule has 0 spiro atoms. The molecule has 0 saturated carbocycles. The van der Waals surface area contributed by atoms with Crippen molar-refractivity contribution in [2.75, 3.05) is 20.8 Å². The predicted molar refractivity (Wildman–Crippen MR) is 99.2 cm³/mol. The molecular formula is C20H25FN2O3. The minimum atomic E-state index is -0.311. The van der Waals surface area contributed by atoms with Gasteiger partial charge in [-0.05, 0) is 35.4 Å². The number of hydrogen-bond acceptors (Lipinski definition) is 3. The fourth-order valence-corrected chi connectivity index (χ4v) is 2.54.